The second-order valence-electron chi connectivity index (χ2n) is 4.90. The van der Waals surface area contributed by atoms with E-state index >= 15 is 0 Å². The molecular formula is C12H26N2. The molecule has 0 bridgehead atoms. The maximum absolute atomic E-state index is 3.52. The molecule has 2 nitrogen and oxygen atoms in total. The first kappa shape index (κ1) is 12.0. The lowest BCUT2D eigenvalue weighted by atomic mass is 10.0. The molecule has 1 aliphatic rings. The third kappa shape index (κ3) is 4.43. The number of nitrogens with one attached hydrogen (secondary N) is 1. The van der Waals surface area contributed by atoms with Gasteiger partial charge in [0.2, 0.25) is 0 Å². The van der Waals surface area contributed by atoms with Crippen LogP contribution < -0.4 is 5.43 Å². The number of rotatable bonds is 4. The molecule has 1 saturated heterocycles. The van der Waals surface area contributed by atoms with Crippen LogP contribution >= 0.6 is 0 Å². The summed E-state index contributed by atoms with van der Waals surface area (Å²) in [5, 5.41) is 2.43. The van der Waals surface area contributed by atoms with E-state index in [1.165, 1.54) is 45.3 Å². The van der Waals surface area contributed by atoms with Gasteiger partial charge in [0.25, 0.3) is 0 Å². The minimum Gasteiger partial charge on any atom is -0.255 e. The molecule has 84 valence electrons. The summed E-state index contributed by atoms with van der Waals surface area (Å²) < 4.78 is 0. The molecule has 0 saturated carbocycles. The summed E-state index contributed by atoms with van der Waals surface area (Å²) in [5.41, 5.74) is 3.52. The number of hydrogen-bond acceptors (Lipinski definition) is 2. The van der Waals surface area contributed by atoms with Crippen molar-refractivity contribution in [3.05, 3.63) is 0 Å². The van der Waals surface area contributed by atoms with Gasteiger partial charge in [-0.2, -0.15) is 0 Å². The zero-order chi connectivity index (χ0) is 10.4. The molecule has 2 atom stereocenters. The van der Waals surface area contributed by atoms with Gasteiger partial charge in [-0.3, -0.25) is 5.43 Å². The Labute approximate surface area is 89.0 Å². The number of hydrazine groups is 1. The monoisotopic (exact) mass is 198 g/mol. The Bertz CT molecular complexity index is 147. The van der Waals surface area contributed by atoms with Crippen molar-refractivity contribution in [2.24, 2.45) is 11.8 Å². The molecule has 1 fully saturated rings. The first-order valence-corrected chi connectivity index (χ1v) is 6.20. The molecule has 0 radical (unpaired) electrons. The number of hydrogen-bond donors (Lipinski definition) is 1. The van der Waals surface area contributed by atoms with E-state index in [1.807, 2.05) is 0 Å². The summed E-state index contributed by atoms with van der Waals surface area (Å²) in [6.07, 6.45) is 5.35. The van der Waals surface area contributed by atoms with E-state index in [0.29, 0.717) is 0 Å². The van der Waals surface area contributed by atoms with Gasteiger partial charge in [0, 0.05) is 19.6 Å². The van der Waals surface area contributed by atoms with Crippen molar-refractivity contribution in [1.82, 2.24) is 10.4 Å². The van der Waals surface area contributed by atoms with E-state index in [2.05, 4.69) is 31.2 Å². The van der Waals surface area contributed by atoms with Crippen LogP contribution in [-0.2, 0) is 0 Å². The topological polar surface area (TPSA) is 15.3 Å². The SMILES string of the molecule is CC[C@@H](C)CCN1C[C@H](C)CCCN1. The molecule has 0 aromatic heterocycles. The molecule has 0 amide bonds. The molecule has 2 heteroatoms. The van der Waals surface area contributed by atoms with Crippen molar-refractivity contribution in [1.29, 1.82) is 0 Å². The standard InChI is InChI=1S/C12H26N2/c1-4-11(2)7-9-14-10-12(3)6-5-8-13-14/h11-13H,4-10H2,1-3H3/t11-,12-/m1/s1. The van der Waals surface area contributed by atoms with Crippen LogP contribution in [0, 0.1) is 11.8 Å². The molecule has 0 aliphatic carbocycles. The lowest BCUT2D eigenvalue weighted by molar-refractivity contribution is 0.170. The van der Waals surface area contributed by atoms with Gasteiger partial charge >= 0.3 is 0 Å². The molecular weight excluding hydrogens is 172 g/mol. The molecule has 0 unspecified atom stereocenters. The Morgan fingerprint density at radius 3 is 3.00 bits per heavy atom. The Morgan fingerprint density at radius 1 is 1.50 bits per heavy atom. The van der Waals surface area contributed by atoms with Gasteiger partial charge in [-0.1, -0.05) is 27.2 Å². The highest BCUT2D eigenvalue weighted by Crippen LogP contribution is 2.12. The average molecular weight is 198 g/mol. The molecule has 0 aromatic carbocycles. The highest BCUT2D eigenvalue weighted by molar-refractivity contribution is 4.66. The fraction of sp³-hybridized carbons (Fsp3) is 1.00. The number of nitrogens with zero attached hydrogens (tertiary/aromatic N) is 1. The summed E-state index contributed by atoms with van der Waals surface area (Å²) in [5.74, 6) is 1.73. The molecule has 1 rings (SSSR count). The van der Waals surface area contributed by atoms with Gasteiger partial charge in [0.05, 0.1) is 0 Å². The molecule has 0 aromatic rings. The van der Waals surface area contributed by atoms with E-state index in [0.717, 1.165) is 11.8 Å². The average Bonchev–Trinajstić information content (AvgIpc) is 2.39. The lowest BCUT2D eigenvalue weighted by Gasteiger charge is -2.24. The van der Waals surface area contributed by atoms with Crippen LogP contribution in [0.1, 0.15) is 46.5 Å². The van der Waals surface area contributed by atoms with Crippen LogP contribution in [-0.4, -0.2) is 24.6 Å². The molecule has 1 N–H and O–H groups in total. The summed E-state index contributed by atoms with van der Waals surface area (Å²) in [4.78, 5) is 0. The van der Waals surface area contributed by atoms with E-state index in [9.17, 15) is 0 Å². The Kier molecular flexibility index (Phi) is 5.49. The van der Waals surface area contributed by atoms with E-state index in [4.69, 9.17) is 0 Å². The van der Waals surface area contributed by atoms with Crippen LogP contribution in [0.4, 0.5) is 0 Å². The first-order valence-electron chi connectivity index (χ1n) is 6.20. The van der Waals surface area contributed by atoms with Gasteiger partial charge < -0.3 is 0 Å². The van der Waals surface area contributed by atoms with Gasteiger partial charge in [0.15, 0.2) is 0 Å². The molecule has 14 heavy (non-hydrogen) atoms. The van der Waals surface area contributed by atoms with Crippen LogP contribution in [0.15, 0.2) is 0 Å². The van der Waals surface area contributed by atoms with E-state index < -0.39 is 0 Å². The molecule has 0 spiro atoms. The highest BCUT2D eigenvalue weighted by atomic mass is 15.5. The Hall–Kier alpha value is -0.0800. The van der Waals surface area contributed by atoms with Gasteiger partial charge in [-0.05, 0) is 31.1 Å². The van der Waals surface area contributed by atoms with Crippen molar-refractivity contribution in [3.63, 3.8) is 0 Å². The minimum atomic E-state index is 0.863. The third-order valence-corrected chi connectivity index (χ3v) is 3.33. The van der Waals surface area contributed by atoms with Crippen molar-refractivity contribution in [2.75, 3.05) is 19.6 Å². The normalized spacial score (nSPS) is 27.2. The summed E-state index contributed by atoms with van der Waals surface area (Å²) in [6.45, 7) is 10.6. The van der Waals surface area contributed by atoms with Crippen molar-refractivity contribution in [2.45, 2.75) is 46.5 Å². The predicted octanol–water partition coefficient (Wildman–Crippen LogP) is 2.66. The quantitative estimate of drug-likeness (QED) is 0.747. The van der Waals surface area contributed by atoms with E-state index in [1.54, 1.807) is 0 Å². The fourth-order valence-electron chi connectivity index (χ4n) is 1.97. The molecule has 1 aliphatic heterocycles. The Balaban J connectivity index is 2.21. The second kappa shape index (κ2) is 6.41. The van der Waals surface area contributed by atoms with Crippen LogP contribution in [0.25, 0.3) is 0 Å². The van der Waals surface area contributed by atoms with Crippen molar-refractivity contribution in [3.8, 4) is 0 Å². The van der Waals surface area contributed by atoms with Gasteiger partial charge in [-0.25, -0.2) is 5.01 Å². The fourth-order valence-corrected chi connectivity index (χ4v) is 1.97. The minimum absolute atomic E-state index is 0.863. The van der Waals surface area contributed by atoms with Crippen molar-refractivity contribution < 1.29 is 0 Å². The van der Waals surface area contributed by atoms with Gasteiger partial charge in [0.1, 0.15) is 0 Å². The summed E-state index contributed by atoms with van der Waals surface area (Å²) in [6, 6.07) is 0. The maximum Gasteiger partial charge on any atom is 0.0156 e. The lowest BCUT2D eigenvalue weighted by Crippen LogP contribution is -2.40. The zero-order valence-electron chi connectivity index (χ0n) is 10.1. The maximum atomic E-state index is 3.52. The van der Waals surface area contributed by atoms with Crippen molar-refractivity contribution >= 4 is 0 Å². The second-order valence-corrected chi connectivity index (χ2v) is 4.90. The van der Waals surface area contributed by atoms with E-state index in [-0.39, 0.29) is 0 Å². The van der Waals surface area contributed by atoms with Gasteiger partial charge in [-0.15, -0.1) is 0 Å². The summed E-state index contributed by atoms with van der Waals surface area (Å²) >= 11 is 0. The zero-order valence-corrected chi connectivity index (χ0v) is 10.1. The predicted molar refractivity (Wildman–Crippen MR) is 62.0 cm³/mol. The Morgan fingerprint density at radius 2 is 2.29 bits per heavy atom. The van der Waals surface area contributed by atoms with Crippen LogP contribution in [0.2, 0.25) is 0 Å². The smallest absolute Gasteiger partial charge is 0.0156 e. The summed E-state index contributed by atoms with van der Waals surface area (Å²) in [7, 11) is 0. The third-order valence-electron chi connectivity index (χ3n) is 3.33. The van der Waals surface area contributed by atoms with Crippen LogP contribution in [0.5, 0.6) is 0 Å². The highest BCUT2D eigenvalue weighted by Gasteiger charge is 2.14. The van der Waals surface area contributed by atoms with Crippen LogP contribution in [0.3, 0.4) is 0 Å². The molecule has 1 heterocycles. The first-order chi connectivity index (χ1) is 6.72. The largest absolute Gasteiger partial charge is 0.255 e.